The summed E-state index contributed by atoms with van der Waals surface area (Å²) in [4.78, 5) is 23.8. The number of carbonyl (C=O) groups is 2. The Morgan fingerprint density at radius 2 is 1.90 bits per heavy atom. The Bertz CT molecular complexity index is 536. The minimum Gasteiger partial charge on any atom is -0.480 e. The van der Waals surface area contributed by atoms with Crippen molar-refractivity contribution in [3.63, 3.8) is 0 Å². The van der Waals surface area contributed by atoms with E-state index in [1.54, 1.807) is 12.1 Å². The van der Waals surface area contributed by atoms with Crippen LogP contribution in [0.2, 0.25) is 0 Å². The highest BCUT2D eigenvalue weighted by molar-refractivity contribution is 9.10. The molecular formula is C15H18BrNO3. The summed E-state index contributed by atoms with van der Waals surface area (Å²) >= 11 is 3.39. The zero-order valence-corrected chi connectivity index (χ0v) is 13.0. The first-order chi connectivity index (χ1) is 9.44. The van der Waals surface area contributed by atoms with E-state index in [4.69, 9.17) is 0 Å². The monoisotopic (exact) mass is 339 g/mol. The van der Waals surface area contributed by atoms with Crippen molar-refractivity contribution < 1.29 is 14.7 Å². The van der Waals surface area contributed by atoms with Gasteiger partial charge in [0, 0.05) is 10.0 Å². The van der Waals surface area contributed by atoms with Crippen molar-refractivity contribution in [1.82, 2.24) is 5.32 Å². The third-order valence-electron chi connectivity index (χ3n) is 3.90. The normalized spacial score (nSPS) is 17.5. The predicted octanol–water partition coefficient (Wildman–Crippen LogP) is 3.27. The van der Waals surface area contributed by atoms with Gasteiger partial charge in [0.15, 0.2) is 0 Å². The Kier molecular flexibility index (Phi) is 4.48. The average Bonchev–Trinajstić information content (AvgIpc) is 2.42. The number of aliphatic carboxylic acids is 1. The quantitative estimate of drug-likeness (QED) is 0.887. The molecule has 2 rings (SSSR count). The topological polar surface area (TPSA) is 66.4 Å². The first-order valence-corrected chi connectivity index (χ1v) is 7.56. The fourth-order valence-electron chi connectivity index (χ4n) is 2.57. The van der Waals surface area contributed by atoms with Crippen LogP contribution in [-0.4, -0.2) is 22.5 Å². The standard InChI is InChI=1S/C15H18BrNO3/c1-10-5-6-11(9-12(10)16)13(18)17-15(14(19)20)7-3-2-4-8-15/h5-6,9H,2-4,7-8H2,1H3,(H,17,18)(H,19,20). The van der Waals surface area contributed by atoms with E-state index < -0.39 is 11.5 Å². The number of hydrogen-bond donors (Lipinski definition) is 2. The molecule has 0 heterocycles. The number of nitrogens with one attached hydrogen (secondary N) is 1. The number of rotatable bonds is 3. The number of carboxylic acids is 1. The molecule has 0 aromatic heterocycles. The lowest BCUT2D eigenvalue weighted by molar-refractivity contribution is -0.145. The molecule has 0 bridgehead atoms. The van der Waals surface area contributed by atoms with Crippen LogP contribution in [0.5, 0.6) is 0 Å². The lowest BCUT2D eigenvalue weighted by atomic mass is 9.81. The number of carbonyl (C=O) groups excluding carboxylic acids is 1. The van der Waals surface area contributed by atoms with Crippen molar-refractivity contribution in [2.75, 3.05) is 0 Å². The molecular weight excluding hydrogens is 322 g/mol. The Hall–Kier alpha value is -1.36. The van der Waals surface area contributed by atoms with Crippen LogP contribution in [0.4, 0.5) is 0 Å². The predicted molar refractivity (Wildman–Crippen MR) is 79.8 cm³/mol. The first kappa shape index (κ1) is 15.0. The summed E-state index contributed by atoms with van der Waals surface area (Å²) < 4.78 is 0.846. The molecule has 1 amide bonds. The highest BCUT2D eigenvalue weighted by atomic mass is 79.9. The van der Waals surface area contributed by atoms with Crippen molar-refractivity contribution in [2.24, 2.45) is 0 Å². The van der Waals surface area contributed by atoms with E-state index in [0.717, 1.165) is 29.3 Å². The molecule has 0 aliphatic heterocycles. The molecule has 0 atom stereocenters. The Balaban J connectivity index is 2.20. The summed E-state index contributed by atoms with van der Waals surface area (Å²) in [6.07, 6.45) is 3.71. The highest BCUT2D eigenvalue weighted by Crippen LogP contribution is 2.29. The van der Waals surface area contributed by atoms with E-state index in [1.807, 2.05) is 13.0 Å². The summed E-state index contributed by atoms with van der Waals surface area (Å²) in [7, 11) is 0. The minimum atomic E-state index is -1.10. The summed E-state index contributed by atoms with van der Waals surface area (Å²) in [5.74, 6) is -1.26. The van der Waals surface area contributed by atoms with Gasteiger partial charge in [0.2, 0.25) is 0 Å². The fourth-order valence-corrected chi connectivity index (χ4v) is 2.95. The second-order valence-electron chi connectivity index (χ2n) is 5.37. The molecule has 1 aromatic carbocycles. The number of hydrogen-bond acceptors (Lipinski definition) is 2. The molecule has 0 saturated heterocycles. The zero-order chi connectivity index (χ0) is 14.8. The summed E-state index contributed by atoms with van der Waals surface area (Å²) in [6, 6.07) is 5.28. The van der Waals surface area contributed by atoms with Crippen molar-refractivity contribution in [3.05, 3.63) is 33.8 Å². The first-order valence-electron chi connectivity index (χ1n) is 6.77. The molecule has 108 valence electrons. The SMILES string of the molecule is Cc1ccc(C(=O)NC2(C(=O)O)CCCCC2)cc1Br. The van der Waals surface area contributed by atoms with E-state index >= 15 is 0 Å². The molecule has 1 fully saturated rings. The smallest absolute Gasteiger partial charge is 0.329 e. The molecule has 1 aliphatic carbocycles. The van der Waals surface area contributed by atoms with Gasteiger partial charge in [-0.1, -0.05) is 41.3 Å². The van der Waals surface area contributed by atoms with E-state index in [-0.39, 0.29) is 5.91 Å². The van der Waals surface area contributed by atoms with Gasteiger partial charge >= 0.3 is 5.97 Å². The Labute approximate surface area is 126 Å². The van der Waals surface area contributed by atoms with Gasteiger partial charge < -0.3 is 10.4 Å². The number of benzene rings is 1. The van der Waals surface area contributed by atoms with Crippen molar-refractivity contribution in [1.29, 1.82) is 0 Å². The number of carboxylic acid groups (broad SMARTS) is 1. The maximum absolute atomic E-state index is 12.3. The molecule has 0 unspecified atom stereocenters. The number of aryl methyl sites for hydroxylation is 1. The van der Waals surface area contributed by atoms with E-state index in [0.29, 0.717) is 18.4 Å². The van der Waals surface area contributed by atoms with Crippen LogP contribution in [0.25, 0.3) is 0 Å². The summed E-state index contributed by atoms with van der Waals surface area (Å²) in [6.45, 7) is 1.94. The van der Waals surface area contributed by atoms with E-state index in [1.165, 1.54) is 0 Å². The average molecular weight is 340 g/mol. The molecule has 2 N–H and O–H groups in total. The van der Waals surface area contributed by atoms with Gasteiger partial charge in [-0.05, 0) is 37.5 Å². The molecule has 0 radical (unpaired) electrons. The van der Waals surface area contributed by atoms with E-state index in [2.05, 4.69) is 21.2 Å². The van der Waals surface area contributed by atoms with Crippen LogP contribution < -0.4 is 5.32 Å². The van der Waals surface area contributed by atoms with Crippen LogP contribution in [0.3, 0.4) is 0 Å². The van der Waals surface area contributed by atoms with Crippen LogP contribution in [0, 0.1) is 6.92 Å². The number of amides is 1. The maximum Gasteiger partial charge on any atom is 0.329 e. The van der Waals surface area contributed by atoms with Crippen molar-refractivity contribution in [2.45, 2.75) is 44.6 Å². The van der Waals surface area contributed by atoms with Crippen molar-refractivity contribution >= 4 is 27.8 Å². The molecule has 1 aromatic rings. The van der Waals surface area contributed by atoms with Gasteiger partial charge in [-0.3, -0.25) is 4.79 Å². The minimum absolute atomic E-state index is 0.324. The fraction of sp³-hybridized carbons (Fsp3) is 0.467. The largest absolute Gasteiger partial charge is 0.480 e. The van der Waals surface area contributed by atoms with Gasteiger partial charge in [0.05, 0.1) is 0 Å². The third-order valence-corrected chi connectivity index (χ3v) is 4.76. The van der Waals surface area contributed by atoms with Crippen LogP contribution in [-0.2, 0) is 4.79 Å². The maximum atomic E-state index is 12.3. The van der Waals surface area contributed by atoms with Gasteiger partial charge in [-0.2, -0.15) is 0 Å². The highest BCUT2D eigenvalue weighted by Gasteiger charge is 2.41. The van der Waals surface area contributed by atoms with Crippen LogP contribution in [0.15, 0.2) is 22.7 Å². The molecule has 1 saturated carbocycles. The molecule has 1 aliphatic rings. The lowest BCUT2D eigenvalue weighted by Crippen LogP contribution is -2.55. The Morgan fingerprint density at radius 3 is 2.45 bits per heavy atom. The second-order valence-corrected chi connectivity index (χ2v) is 6.22. The zero-order valence-electron chi connectivity index (χ0n) is 11.4. The molecule has 4 nitrogen and oxygen atoms in total. The Morgan fingerprint density at radius 1 is 1.25 bits per heavy atom. The lowest BCUT2D eigenvalue weighted by Gasteiger charge is -2.34. The van der Waals surface area contributed by atoms with Crippen LogP contribution >= 0.6 is 15.9 Å². The van der Waals surface area contributed by atoms with Gasteiger partial charge in [0.25, 0.3) is 5.91 Å². The summed E-state index contributed by atoms with van der Waals surface area (Å²) in [5.41, 5.74) is 0.410. The summed E-state index contributed by atoms with van der Waals surface area (Å²) in [5, 5.41) is 12.2. The van der Waals surface area contributed by atoms with Gasteiger partial charge in [0.1, 0.15) is 5.54 Å². The van der Waals surface area contributed by atoms with Crippen LogP contribution in [0.1, 0.15) is 48.0 Å². The number of halogens is 1. The molecule has 0 spiro atoms. The second kappa shape index (κ2) is 5.95. The van der Waals surface area contributed by atoms with Gasteiger partial charge in [-0.15, -0.1) is 0 Å². The molecule has 5 heteroatoms. The van der Waals surface area contributed by atoms with E-state index in [9.17, 15) is 14.7 Å². The molecule has 20 heavy (non-hydrogen) atoms. The third kappa shape index (κ3) is 3.03. The van der Waals surface area contributed by atoms with Crippen molar-refractivity contribution in [3.8, 4) is 0 Å². The van der Waals surface area contributed by atoms with Gasteiger partial charge in [-0.25, -0.2) is 4.79 Å².